The summed E-state index contributed by atoms with van der Waals surface area (Å²) in [4.78, 5) is 14.1. The van der Waals surface area contributed by atoms with Crippen molar-refractivity contribution in [3.05, 3.63) is 46.0 Å². The molecule has 1 aromatic heterocycles. The molecule has 0 saturated heterocycles. The van der Waals surface area contributed by atoms with E-state index in [9.17, 15) is 18.0 Å². The Morgan fingerprint density at radius 3 is 2.45 bits per heavy atom. The number of alkyl halides is 3. The average molecular weight is 325 g/mol. The summed E-state index contributed by atoms with van der Waals surface area (Å²) in [6.07, 6.45) is -4.14. The molecule has 1 heterocycles. The van der Waals surface area contributed by atoms with Gasteiger partial charge in [0.05, 0.1) is 10.7 Å². The van der Waals surface area contributed by atoms with Crippen LogP contribution in [0.3, 0.4) is 0 Å². The van der Waals surface area contributed by atoms with Gasteiger partial charge in [-0.25, -0.2) is 9.78 Å². The van der Waals surface area contributed by atoms with Crippen LogP contribution in [0.4, 0.5) is 13.2 Å². The van der Waals surface area contributed by atoms with Gasteiger partial charge in [-0.1, -0.05) is 23.2 Å². The van der Waals surface area contributed by atoms with E-state index in [1.54, 1.807) is 0 Å². The zero-order valence-electron chi connectivity index (χ0n) is 9.45. The predicted molar refractivity (Wildman–Crippen MR) is 65.5 cm³/mol. The van der Waals surface area contributed by atoms with Crippen LogP contribution in [0, 0.1) is 0 Å². The fourth-order valence-corrected chi connectivity index (χ4v) is 2.13. The molecule has 0 radical (unpaired) electrons. The highest BCUT2D eigenvalue weighted by Crippen LogP contribution is 2.35. The van der Waals surface area contributed by atoms with Gasteiger partial charge in [-0.2, -0.15) is 13.2 Å². The molecule has 0 aliphatic rings. The lowest BCUT2D eigenvalue weighted by atomic mass is 10.2. The predicted octanol–water partition coefficient (Wildman–Crippen LogP) is 3.90. The number of imidazole rings is 1. The molecule has 4 nitrogen and oxygen atoms in total. The van der Waals surface area contributed by atoms with Gasteiger partial charge in [0.25, 0.3) is 0 Å². The second-order valence-electron chi connectivity index (χ2n) is 3.71. The van der Waals surface area contributed by atoms with Crippen LogP contribution in [0.1, 0.15) is 16.2 Å². The summed E-state index contributed by atoms with van der Waals surface area (Å²) in [6.45, 7) is 0. The molecule has 106 valence electrons. The van der Waals surface area contributed by atoms with Crippen LogP contribution in [0.25, 0.3) is 5.69 Å². The van der Waals surface area contributed by atoms with Crippen LogP contribution >= 0.6 is 23.2 Å². The highest BCUT2D eigenvalue weighted by molar-refractivity contribution is 6.35. The molecule has 1 N–H and O–H groups in total. The molecule has 0 spiro atoms. The van der Waals surface area contributed by atoms with Crippen molar-refractivity contribution in [1.29, 1.82) is 0 Å². The fourth-order valence-electron chi connectivity index (χ4n) is 1.64. The summed E-state index contributed by atoms with van der Waals surface area (Å²) in [5, 5.41) is 8.96. The van der Waals surface area contributed by atoms with E-state index in [2.05, 4.69) is 4.98 Å². The second kappa shape index (κ2) is 4.99. The van der Waals surface area contributed by atoms with E-state index >= 15 is 0 Å². The number of rotatable bonds is 2. The summed E-state index contributed by atoms with van der Waals surface area (Å²) in [7, 11) is 0. The number of hydrogen-bond acceptors (Lipinski definition) is 2. The number of aromatic carboxylic acids is 1. The fraction of sp³-hybridized carbons (Fsp3) is 0.0909. The standard InChI is InChI=1S/C11H5Cl2F3N2O2/c12-5-1-2-7(6(13)3-5)18-4-17-8(10(19)20)9(18)11(14,15)16/h1-4H,(H,19,20). The summed E-state index contributed by atoms with van der Waals surface area (Å²) >= 11 is 11.5. The van der Waals surface area contributed by atoms with E-state index in [1.807, 2.05) is 0 Å². The molecular weight excluding hydrogens is 320 g/mol. The number of carboxylic acid groups (broad SMARTS) is 1. The molecule has 0 amide bonds. The summed E-state index contributed by atoms with van der Waals surface area (Å²) < 4.78 is 39.6. The van der Waals surface area contributed by atoms with E-state index in [1.165, 1.54) is 18.2 Å². The largest absolute Gasteiger partial charge is 0.476 e. The Morgan fingerprint density at radius 2 is 1.95 bits per heavy atom. The van der Waals surface area contributed by atoms with Crippen LogP contribution in [0.5, 0.6) is 0 Å². The molecular formula is C11H5Cl2F3N2O2. The lowest BCUT2D eigenvalue weighted by Crippen LogP contribution is -2.17. The summed E-state index contributed by atoms with van der Waals surface area (Å²) in [6, 6.07) is 3.83. The molecule has 2 rings (SSSR count). The molecule has 0 unspecified atom stereocenters. The number of carbonyl (C=O) groups is 1. The first-order valence-electron chi connectivity index (χ1n) is 5.05. The number of benzene rings is 1. The Bertz CT molecular complexity index is 683. The lowest BCUT2D eigenvalue weighted by molar-refractivity contribution is -0.142. The maximum Gasteiger partial charge on any atom is 0.434 e. The van der Waals surface area contributed by atoms with Gasteiger partial charge in [0.2, 0.25) is 0 Å². The van der Waals surface area contributed by atoms with Gasteiger partial charge in [0, 0.05) is 5.02 Å². The van der Waals surface area contributed by atoms with E-state index in [0.29, 0.717) is 4.57 Å². The SMILES string of the molecule is O=C(O)c1ncn(-c2ccc(Cl)cc2Cl)c1C(F)(F)F. The normalized spacial score (nSPS) is 11.7. The quantitative estimate of drug-likeness (QED) is 0.911. The monoisotopic (exact) mass is 324 g/mol. The van der Waals surface area contributed by atoms with E-state index in [0.717, 1.165) is 6.33 Å². The van der Waals surface area contributed by atoms with Crippen molar-refractivity contribution in [2.24, 2.45) is 0 Å². The maximum absolute atomic E-state index is 13.0. The van der Waals surface area contributed by atoms with Crippen molar-refractivity contribution in [1.82, 2.24) is 9.55 Å². The summed E-state index contributed by atoms with van der Waals surface area (Å²) in [5.74, 6) is -1.78. The topological polar surface area (TPSA) is 55.1 Å². The van der Waals surface area contributed by atoms with E-state index in [4.69, 9.17) is 28.3 Å². The minimum atomic E-state index is -4.90. The van der Waals surface area contributed by atoms with Gasteiger partial charge >= 0.3 is 12.1 Å². The minimum Gasteiger partial charge on any atom is -0.476 e. The maximum atomic E-state index is 13.0. The molecule has 0 aliphatic carbocycles. The van der Waals surface area contributed by atoms with Crippen molar-refractivity contribution in [2.75, 3.05) is 0 Å². The van der Waals surface area contributed by atoms with Crippen molar-refractivity contribution in [2.45, 2.75) is 6.18 Å². The van der Waals surface area contributed by atoms with Gasteiger partial charge in [-0.05, 0) is 18.2 Å². The zero-order chi connectivity index (χ0) is 15.1. The molecule has 2 aromatic rings. The zero-order valence-corrected chi connectivity index (χ0v) is 11.0. The molecule has 9 heteroatoms. The van der Waals surface area contributed by atoms with Crippen molar-refractivity contribution < 1.29 is 23.1 Å². The molecule has 0 fully saturated rings. The Morgan fingerprint density at radius 1 is 1.30 bits per heavy atom. The lowest BCUT2D eigenvalue weighted by Gasteiger charge is -2.13. The smallest absolute Gasteiger partial charge is 0.434 e. The first kappa shape index (κ1) is 14.7. The number of nitrogens with zero attached hydrogens (tertiary/aromatic N) is 2. The molecule has 0 aliphatic heterocycles. The van der Waals surface area contributed by atoms with Gasteiger partial charge in [0.1, 0.15) is 6.33 Å². The first-order valence-corrected chi connectivity index (χ1v) is 5.80. The Hall–Kier alpha value is -1.73. The number of aromatic nitrogens is 2. The first-order chi connectivity index (χ1) is 9.21. The van der Waals surface area contributed by atoms with Gasteiger partial charge < -0.3 is 5.11 Å². The van der Waals surface area contributed by atoms with Gasteiger partial charge in [-0.15, -0.1) is 0 Å². The highest BCUT2D eigenvalue weighted by Gasteiger charge is 2.41. The van der Waals surface area contributed by atoms with Crippen LogP contribution in [-0.4, -0.2) is 20.6 Å². The molecule has 0 saturated carbocycles. The van der Waals surface area contributed by atoms with E-state index < -0.39 is 23.5 Å². The molecule has 0 atom stereocenters. The van der Waals surface area contributed by atoms with Crippen LogP contribution in [0.15, 0.2) is 24.5 Å². The van der Waals surface area contributed by atoms with Crippen molar-refractivity contribution in [3.8, 4) is 5.69 Å². The summed E-state index contributed by atoms with van der Waals surface area (Å²) in [5.41, 5.74) is -2.57. The van der Waals surface area contributed by atoms with Crippen LogP contribution < -0.4 is 0 Å². The highest BCUT2D eigenvalue weighted by atomic mass is 35.5. The van der Waals surface area contributed by atoms with Gasteiger partial charge in [0.15, 0.2) is 11.4 Å². The Labute approximate surface area is 120 Å². The van der Waals surface area contributed by atoms with Crippen molar-refractivity contribution >= 4 is 29.2 Å². The van der Waals surface area contributed by atoms with Crippen molar-refractivity contribution in [3.63, 3.8) is 0 Å². The molecule has 0 bridgehead atoms. The third-order valence-electron chi connectivity index (χ3n) is 2.41. The third-order valence-corrected chi connectivity index (χ3v) is 2.95. The Kier molecular flexibility index (Phi) is 3.66. The van der Waals surface area contributed by atoms with Gasteiger partial charge in [-0.3, -0.25) is 4.57 Å². The molecule has 20 heavy (non-hydrogen) atoms. The second-order valence-corrected chi connectivity index (χ2v) is 4.55. The number of hydrogen-bond donors (Lipinski definition) is 1. The number of carboxylic acids is 1. The van der Waals surface area contributed by atoms with Crippen LogP contribution in [-0.2, 0) is 6.18 Å². The van der Waals surface area contributed by atoms with Crippen LogP contribution in [0.2, 0.25) is 10.0 Å². The molecule has 1 aromatic carbocycles. The number of halogens is 5. The average Bonchev–Trinajstić information content (AvgIpc) is 2.73. The Balaban J connectivity index is 2.72. The minimum absolute atomic E-state index is 0.0580. The van der Waals surface area contributed by atoms with E-state index in [-0.39, 0.29) is 15.7 Å². The third kappa shape index (κ3) is 2.59.